The Balaban J connectivity index is 1.61. The third kappa shape index (κ3) is 3.60. The Kier molecular flexibility index (Phi) is 4.82. The molecule has 4 rings (SSSR count). The summed E-state index contributed by atoms with van der Waals surface area (Å²) in [6.07, 6.45) is 0.913. The number of carbonyl (C=O) groups is 3. The van der Waals surface area contributed by atoms with E-state index in [1.807, 2.05) is 55.5 Å². The molecule has 0 radical (unpaired) electrons. The van der Waals surface area contributed by atoms with Crippen LogP contribution in [0.5, 0.6) is 0 Å². The van der Waals surface area contributed by atoms with Crippen LogP contribution in [0.25, 0.3) is 0 Å². The van der Waals surface area contributed by atoms with Crippen LogP contribution in [0.15, 0.2) is 65.9 Å². The van der Waals surface area contributed by atoms with Gasteiger partial charge >= 0.3 is 0 Å². The molecular weight excluding hydrogens is 352 g/mol. The minimum Gasteiger partial charge on any atom is -0.329 e. The second-order valence-corrected chi connectivity index (χ2v) is 7.49. The van der Waals surface area contributed by atoms with Crippen molar-refractivity contribution in [3.8, 4) is 0 Å². The topological polar surface area (TPSA) is 75.3 Å². The molecule has 2 amide bonds. The van der Waals surface area contributed by atoms with E-state index in [0.29, 0.717) is 29.8 Å². The van der Waals surface area contributed by atoms with Gasteiger partial charge in [-0.3, -0.25) is 14.4 Å². The van der Waals surface area contributed by atoms with E-state index in [0.717, 1.165) is 11.1 Å². The highest BCUT2D eigenvalue weighted by Crippen LogP contribution is 2.39. The zero-order valence-electron chi connectivity index (χ0n) is 15.7. The Labute approximate surface area is 163 Å². The molecule has 2 N–H and O–H groups in total. The Morgan fingerprint density at radius 1 is 1.00 bits per heavy atom. The molecule has 2 aromatic carbocycles. The number of benzene rings is 2. The van der Waals surface area contributed by atoms with Crippen molar-refractivity contribution in [2.45, 2.75) is 32.1 Å². The number of ketones is 1. The minimum atomic E-state index is -0.742. The summed E-state index contributed by atoms with van der Waals surface area (Å²) in [7, 11) is 0. The summed E-state index contributed by atoms with van der Waals surface area (Å²) >= 11 is 0. The molecule has 0 saturated carbocycles. The summed E-state index contributed by atoms with van der Waals surface area (Å²) in [5.41, 5.74) is 3.84. The summed E-state index contributed by atoms with van der Waals surface area (Å²) in [5.74, 6) is -1.30. The van der Waals surface area contributed by atoms with Crippen LogP contribution < -0.4 is 10.6 Å². The van der Waals surface area contributed by atoms with Gasteiger partial charge in [-0.15, -0.1) is 0 Å². The smallest absolute Gasteiger partial charge is 0.232 e. The number of allylic oxidation sites excluding steroid dienone is 1. The normalized spacial score (nSPS) is 21.8. The van der Waals surface area contributed by atoms with E-state index in [9.17, 15) is 14.4 Å². The highest BCUT2D eigenvalue weighted by molar-refractivity contribution is 6.09. The van der Waals surface area contributed by atoms with Crippen molar-refractivity contribution in [2.24, 2.45) is 5.92 Å². The molecule has 0 aromatic heterocycles. The predicted octanol–water partition coefficient (Wildman–Crippen LogP) is 3.47. The molecule has 5 nitrogen and oxygen atoms in total. The summed E-state index contributed by atoms with van der Waals surface area (Å²) in [6, 6.07) is 17.3. The fourth-order valence-corrected chi connectivity index (χ4v) is 4.10. The number of amides is 2. The van der Waals surface area contributed by atoms with Gasteiger partial charge in [0.05, 0.1) is 5.92 Å². The van der Waals surface area contributed by atoms with E-state index in [-0.39, 0.29) is 29.9 Å². The highest BCUT2D eigenvalue weighted by Gasteiger charge is 2.40. The summed E-state index contributed by atoms with van der Waals surface area (Å²) in [6.45, 7) is 1.94. The van der Waals surface area contributed by atoms with E-state index in [4.69, 9.17) is 0 Å². The number of hydrogen-bond acceptors (Lipinski definition) is 3. The van der Waals surface area contributed by atoms with Gasteiger partial charge in [-0.05, 0) is 42.5 Å². The van der Waals surface area contributed by atoms with Crippen molar-refractivity contribution < 1.29 is 14.4 Å². The summed E-state index contributed by atoms with van der Waals surface area (Å²) < 4.78 is 0. The monoisotopic (exact) mass is 374 g/mol. The molecular formula is C23H22N2O3. The van der Waals surface area contributed by atoms with Crippen molar-refractivity contribution in [3.63, 3.8) is 0 Å². The summed E-state index contributed by atoms with van der Waals surface area (Å²) in [5, 5.41) is 5.71. The minimum absolute atomic E-state index is 0.00176. The SMILES string of the molecule is Cc1cccc(NC(=O)[C@H]2CC(=O)NC3=C2C(=O)C[C@H](c2ccccc2)C3)c1. The van der Waals surface area contributed by atoms with Crippen LogP contribution in [0, 0.1) is 12.8 Å². The van der Waals surface area contributed by atoms with Gasteiger partial charge in [0.15, 0.2) is 5.78 Å². The van der Waals surface area contributed by atoms with Gasteiger partial charge in [0.2, 0.25) is 11.8 Å². The Morgan fingerprint density at radius 3 is 2.54 bits per heavy atom. The number of hydrogen-bond donors (Lipinski definition) is 2. The van der Waals surface area contributed by atoms with Gasteiger partial charge in [0.25, 0.3) is 0 Å². The van der Waals surface area contributed by atoms with Crippen LogP contribution >= 0.6 is 0 Å². The van der Waals surface area contributed by atoms with Crippen molar-refractivity contribution >= 4 is 23.3 Å². The lowest BCUT2D eigenvalue weighted by atomic mass is 9.75. The molecule has 2 aliphatic rings. The first-order valence-electron chi connectivity index (χ1n) is 9.50. The molecule has 0 fully saturated rings. The van der Waals surface area contributed by atoms with Crippen molar-refractivity contribution in [1.29, 1.82) is 0 Å². The molecule has 142 valence electrons. The number of anilines is 1. The van der Waals surface area contributed by atoms with Crippen LogP contribution in [0.1, 0.15) is 36.3 Å². The molecule has 2 aromatic rings. The second kappa shape index (κ2) is 7.43. The average Bonchev–Trinajstić information content (AvgIpc) is 2.67. The van der Waals surface area contributed by atoms with Crippen molar-refractivity contribution in [3.05, 3.63) is 77.0 Å². The number of nitrogens with one attached hydrogen (secondary N) is 2. The van der Waals surface area contributed by atoms with Crippen molar-refractivity contribution in [2.75, 3.05) is 5.32 Å². The molecule has 1 aliphatic heterocycles. The van der Waals surface area contributed by atoms with Crippen LogP contribution in [0.4, 0.5) is 5.69 Å². The first-order chi connectivity index (χ1) is 13.5. The molecule has 1 aliphatic carbocycles. The van der Waals surface area contributed by atoms with Crippen LogP contribution in [-0.2, 0) is 14.4 Å². The molecule has 5 heteroatoms. The molecule has 0 saturated heterocycles. The Bertz CT molecular complexity index is 978. The molecule has 0 bridgehead atoms. The van der Waals surface area contributed by atoms with Crippen molar-refractivity contribution in [1.82, 2.24) is 5.32 Å². The van der Waals surface area contributed by atoms with Gasteiger partial charge < -0.3 is 10.6 Å². The van der Waals surface area contributed by atoms with Gasteiger partial charge in [0, 0.05) is 29.8 Å². The zero-order chi connectivity index (χ0) is 19.7. The first-order valence-corrected chi connectivity index (χ1v) is 9.50. The molecule has 1 heterocycles. The summed E-state index contributed by atoms with van der Waals surface area (Å²) in [4.78, 5) is 38.1. The fourth-order valence-electron chi connectivity index (χ4n) is 4.10. The number of carbonyl (C=O) groups excluding carboxylic acids is 3. The van der Waals surface area contributed by atoms with Gasteiger partial charge in [-0.1, -0.05) is 42.5 Å². The second-order valence-electron chi connectivity index (χ2n) is 7.49. The lowest BCUT2D eigenvalue weighted by Gasteiger charge is -2.33. The largest absolute Gasteiger partial charge is 0.329 e. The van der Waals surface area contributed by atoms with E-state index in [2.05, 4.69) is 10.6 Å². The standard InChI is InChI=1S/C23H22N2O3/c1-14-6-5-9-17(10-14)24-23(28)18-13-21(27)25-19-11-16(12-20(26)22(18)19)15-7-3-2-4-8-15/h2-10,16,18H,11-13H2,1H3,(H,24,28)(H,25,27)/t16-,18+/m1/s1. The highest BCUT2D eigenvalue weighted by atomic mass is 16.2. The predicted molar refractivity (Wildman–Crippen MR) is 107 cm³/mol. The zero-order valence-corrected chi connectivity index (χ0v) is 15.7. The first kappa shape index (κ1) is 18.2. The Hall–Kier alpha value is -3.21. The fraction of sp³-hybridized carbons (Fsp3) is 0.261. The van der Waals surface area contributed by atoms with Crippen LogP contribution in [0.3, 0.4) is 0 Å². The third-order valence-electron chi connectivity index (χ3n) is 5.41. The average molecular weight is 374 g/mol. The van der Waals surface area contributed by atoms with Gasteiger partial charge in [0.1, 0.15) is 0 Å². The third-order valence-corrected chi connectivity index (χ3v) is 5.41. The maximum atomic E-state index is 13.0. The number of aryl methyl sites for hydroxylation is 1. The Morgan fingerprint density at radius 2 is 1.79 bits per heavy atom. The maximum absolute atomic E-state index is 13.0. The van der Waals surface area contributed by atoms with E-state index < -0.39 is 5.92 Å². The molecule has 0 spiro atoms. The van der Waals surface area contributed by atoms with E-state index in [1.54, 1.807) is 6.07 Å². The van der Waals surface area contributed by atoms with Crippen LogP contribution in [-0.4, -0.2) is 17.6 Å². The lowest BCUT2D eigenvalue weighted by molar-refractivity contribution is -0.129. The molecule has 2 atom stereocenters. The number of Topliss-reactive ketones (excluding diaryl/α,β-unsaturated/α-hetero) is 1. The van der Waals surface area contributed by atoms with E-state index in [1.165, 1.54) is 0 Å². The molecule has 0 unspecified atom stereocenters. The quantitative estimate of drug-likeness (QED) is 0.864. The number of rotatable bonds is 3. The van der Waals surface area contributed by atoms with Crippen LogP contribution in [0.2, 0.25) is 0 Å². The lowest BCUT2D eigenvalue weighted by Crippen LogP contribution is -2.43. The van der Waals surface area contributed by atoms with Gasteiger partial charge in [-0.2, -0.15) is 0 Å². The van der Waals surface area contributed by atoms with Gasteiger partial charge in [-0.25, -0.2) is 0 Å². The van der Waals surface area contributed by atoms with E-state index >= 15 is 0 Å². The maximum Gasteiger partial charge on any atom is 0.232 e. The molecule has 28 heavy (non-hydrogen) atoms.